The fraction of sp³-hybridized carbons (Fsp3) is 0.364. The Bertz CT molecular complexity index is 375. The molecule has 0 aliphatic rings. The van der Waals surface area contributed by atoms with Crippen molar-refractivity contribution in [3.05, 3.63) is 23.3 Å². The number of anilines is 1. The first-order valence-corrected chi connectivity index (χ1v) is 4.72. The highest BCUT2D eigenvalue weighted by atomic mass is 16.5. The van der Waals surface area contributed by atoms with Crippen molar-refractivity contribution in [1.82, 2.24) is 5.32 Å². The highest BCUT2D eigenvalue weighted by Crippen LogP contribution is 2.25. The molecule has 1 rings (SSSR count). The molecule has 0 saturated heterocycles. The Kier molecular flexibility index (Phi) is 3.55. The van der Waals surface area contributed by atoms with Crippen LogP contribution in [0.1, 0.15) is 11.1 Å². The van der Waals surface area contributed by atoms with E-state index in [0.717, 1.165) is 22.6 Å². The van der Waals surface area contributed by atoms with Gasteiger partial charge in [-0.15, -0.1) is 0 Å². The molecular weight excluding hydrogens is 192 g/mol. The highest BCUT2D eigenvalue weighted by molar-refractivity contribution is 5.90. The van der Waals surface area contributed by atoms with Crippen molar-refractivity contribution in [1.29, 1.82) is 0 Å². The van der Waals surface area contributed by atoms with Gasteiger partial charge in [0.25, 0.3) is 0 Å². The number of carbonyl (C=O) groups excluding carboxylic acids is 1. The smallest absolute Gasteiger partial charge is 0.318 e. The summed E-state index contributed by atoms with van der Waals surface area (Å²) < 4.78 is 5.18. The Hall–Kier alpha value is -1.71. The van der Waals surface area contributed by atoms with Crippen LogP contribution in [0.25, 0.3) is 0 Å². The standard InChI is InChI=1S/C11H16N2O2/c1-7-6-10(15-4)8(2)5-9(7)13-11(14)12-3/h5-6H,1-4H3,(H2,12,13,14). The van der Waals surface area contributed by atoms with Gasteiger partial charge in [0.1, 0.15) is 5.75 Å². The summed E-state index contributed by atoms with van der Waals surface area (Å²) in [6.45, 7) is 3.86. The van der Waals surface area contributed by atoms with Crippen molar-refractivity contribution in [3.8, 4) is 5.75 Å². The number of nitrogens with one attached hydrogen (secondary N) is 2. The molecule has 0 aliphatic carbocycles. The van der Waals surface area contributed by atoms with Crippen LogP contribution < -0.4 is 15.4 Å². The van der Waals surface area contributed by atoms with E-state index in [-0.39, 0.29) is 6.03 Å². The molecule has 0 radical (unpaired) electrons. The zero-order valence-corrected chi connectivity index (χ0v) is 9.47. The van der Waals surface area contributed by atoms with Gasteiger partial charge in [-0.2, -0.15) is 0 Å². The lowest BCUT2D eigenvalue weighted by molar-refractivity contribution is 0.254. The number of urea groups is 1. The van der Waals surface area contributed by atoms with E-state index in [2.05, 4.69) is 10.6 Å². The molecule has 0 fully saturated rings. The molecule has 0 unspecified atom stereocenters. The molecule has 1 aromatic carbocycles. The lowest BCUT2D eigenvalue weighted by Crippen LogP contribution is -2.24. The summed E-state index contributed by atoms with van der Waals surface area (Å²) in [4.78, 5) is 11.1. The molecule has 4 nitrogen and oxygen atoms in total. The normalized spacial score (nSPS) is 9.60. The van der Waals surface area contributed by atoms with E-state index < -0.39 is 0 Å². The van der Waals surface area contributed by atoms with Crippen LogP contribution in [0.3, 0.4) is 0 Å². The monoisotopic (exact) mass is 208 g/mol. The summed E-state index contributed by atoms with van der Waals surface area (Å²) in [5.41, 5.74) is 2.77. The van der Waals surface area contributed by atoms with Crippen molar-refractivity contribution < 1.29 is 9.53 Å². The first-order chi connectivity index (χ1) is 7.08. The number of ether oxygens (including phenoxy) is 1. The fourth-order valence-electron chi connectivity index (χ4n) is 1.33. The first kappa shape index (κ1) is 11.4. The molecular formula is C11H16N2O2. The number of methoxy groups -OCH3 is 1. The predicted molar refractivity (Wildman–Crippen MR) is 60.5 cm³/mol. The van der Waals surface area contributed by atoms with Crippen LogP contribution in [0.4, 0.5) is 10.5 Å². The largest absolute Gasteiger partial charge is 0.496 e. The summed E-state index contributed by atoms with van der Waals surface area (Å²) in [5.74, 6) is 0.829. The Morgan fingerprint density at radius 3 is 2.47 bits per heavy atom. The molecule has 0 heterocycles. The second-order valence-electron chi connectivity index (χ2n) is 3.34. The van der Waals surface area contributed by atoms with Crippen molar-refractivity contribution in [2.75, 3.05) is 19.5 Å². The van der Waals surface area contributed by atoms with Crippen molar-refractivity contribution in [3.63, 3.8) is 0 Å². The predicted octanol–water partition coefficient (Wildman–Crippen LogP) is 2.06. The molecule has 0 bridgehead atoms. The molecule has 82 valence electrons. The van der Waals surface area contributed by atoms with Crippen LogP contribution in [-0.4, -0.2) is 20.2 Å². The summed E-state index contributed by atoms with van der Waals surface area (Å²) in [7, 11) is 3.22. The minimum atomic E-state index is -0.220. The zero-order chi connectivity index (χ0) is 11.4. The van der Waals surface area contributed by atoms with Gasteiger partial charge in [0, 0.05) is 12.7 Å². The van der Waals surface area contributed by atoms with E-state index in [1.54, 1.807) is 14.2 Å². The fourth-order valence-corrected chi connectivity index (χ4v) is 1.33. The first-order valence-electron chi connectivity index (χ1n) is 4.72. The number of amides is 2. The van der Waals surface area contributed by atoms with Gasteiger partial charge in [0.15, 0.2) is 0 Å². The molecule has 0 saturated carbocycles. The van der Waals surface area contributed by atoms with Gasteiger partial charge >= 0.3 is 6.03 Å². The van der Waals surface area contributed by atoms with Gasteiger partial charge < -0.3 is 15.4 Å². The van der Waals surface area contributed by atoms with Crippen LogP contribution in [0.5, 0.6) is 5.75 Å². The van der Waals surface area contributed by atoms with E-state index in [0.29, 0.717) is 0 Å². The second-order valence-corrected chi connectivity index (χ2v) is 3.34. The van der Waals surface area contributed by atoms with Crippen LogP contribution >= 0.6 is 0 Å². The van der Waals surface area contributed by atoms with Gasteiger partial charge in [0.05, 0.1) is 7.11 Å². The Labute approximate surface area is 89.6 Å². The number of carbonyl (C=O) groups is 1. The minimum Gasteiger partial charge on any atom is -0.496 e. The zero-order valence-electron chi connectivity index (χ0n) is 9.47. The molecule has 0 aromatic heterocycles. The molecule has 4 heteroatoms. The Morgan fingerprint density at radius 1 is 1.27 bits per heavy atom. The SMILES string of the molecule is CNC(=O)Nc1cc(C)c(OC)cc1C. The molecule has 2 amide bonds. The average Bonchev–Trinajstić information content (AvgIpc) is 2.22. The van der Waals surface area contributed by atoms with E-state index in [1.807, 2.05) is 26.0 Å². The molecule has 15 heavy (non-hydrogen) atoms. The van der Waals surface area contributed by atoms with E-state index in [4.69, 9.17) is 4.74 Å². The summed E-state index contributed by atoms with van der Waals surface area (Å²) in [5, 5.41) is 5.25. The molecule has 0 atom stereocenters. The van der Waals surface area contributed by atoms with Crippen LogP contribution in [-0.2, 0) is 0 Å². The number of aryl methyl sites for hydroxylation is 2. The topological polar surface area (TPSA) is 50.4 Å². The molecule has 0 aliphatic heterocycles. The third-order valence-electron chi connectivity index (χ3n) is 2.22. The maximum atomic E-state index is 11.1. The number of benzene rings is 1. The van der Waals surface area contributed by atoms with Crippen LogP contribution in [0, 0.1) is 13.8 Å². The minimum absolute atomic E-state index is 0.220. The quantitative estimate of drug-likeness (QED) is 0.781. The van der Waals surface area contributed by atoms with Crippen molar-refractivity contribution >= 4 is 11.7 Å². The average molecular weight is 208 g/mol. The lowest BCUT2D eigenvalue weighted by Gasteiger charge is -2.12. The van der Waals surface area contributed by atoms with Crippen LogP contribution in [0.15, 0.2) is 12.1 Å². The maximum absolute atomic E-state index is 11.1. The third kappa shape index (κ3) is 2.62. The molecule has 1 aromatic rings. The van der Waals surface area contributed by atoms with E-state index in [9.17, 15) is 4.79 Å². The van der Waals surface area contributed by atoms with Crippen LogP contribution in [0.2, 0.25) is 0 Å². The summed E-state index contributed by atoms with van der Waals surface area (Å²) >= 11 is 0. The molecule has 2 N–H and O–H groups in total. The van der Waals surface area contributed by atoms with Crippen molar-refractivity contribution in [2.24, 2.45) is 0 Å². The van der Waals surface area contributed by atoms with Gasteiger partial charge in [-0.1, -0.05) is 0 Å². The number of hydrogen-bond acceptors (Lipinski definition) is 2. The van der Waals surface area contributed by atoms with Gasteiger partial charge in [-0.05, 0) is 37.1 Å². The third-order valence-corrected chi connectivity index (χ3v) is 2.22. The van der Waals surface area contributed by atoms with Gasteiger partial charge in [0.2, 0.25) is 0 Å². The van der Waals surface area contributed by atoms with Crippen molar-refractivity contribution in [2.45, 2.75) is 13.8 Å². The Balaban J connectivity index is 3.00. The lowest BCUT2D eigenvalue weighted by atomic mass is 10.1. The van der Waals surface area contributed by atoms with Gasteiger partial charge in [-0.3, -0.25) is 0 Å². The van der Waals surface area contributed by atoms with Gasteiger partial charge in [-0.25, -0.2) is 4.79 Å². The number of rotatable bonds is 2. The molecule has 0 spiro atoms. The second kappa shape index (κ2) is 4.68. The summed E-state index contributed by atoms with van der Waals surface area (Å²) in [6.07, 6.45) is 0. The number of hydrogen-bond donors (Lipinski definition) is 2. The van der Waals surface area contributed by atoms with E-state index in [1.165, 1.54) is 0 Å². The van der Waals surface area contributed by atoms with E-state index >= 15 is 0 Å². The Morgan fingerprint density at radius 2 is 1.93 bits per heavy atom. The maximum Gasteiger partial charge on any atom is 0.318 e. The highest BCUT2D eigenvalue weighted by Gasteiger charge is 2.06. The summed E-state index contributed by atoms with van der Waals surface area (Å²) in [6, 6.07) is 3.58.